The van der Waals surface area contributed by atoms with Crippen molar-refractivity contribution in [2.75, 3.05) is 7.11 Å². The molecule has 0 saturated heterocycles. The van der Waals surface area contributed by atoms with Crippen LogP contribution in [0.1, 0.15) is 27.0 Å². The summed E-state index contributed by atoms with van der Waals surface area (Å²) in [6.07, 6.45) is 0. The monoisotopic (exact) mass is 277 g/mol. The molecule has 0 spiro atoms. The Hall–Kier alpha value is -1.11. The fraction of sp³-hybridized carbons (Fsp3) is 0.364. The highest BCUT2D eigenvalue weighted by Gasteiger charge is 2.33. The van der Waals surface area contributed by atoms with Gasteiger partial charge in [-0.05, 0) is 26.3 Å². The molecule has 0 aliphatic carbocycles. The average molecular weight is 277 g/mol. The number of thiol groups is 1. The Labute approximate surface area is 109 Å². The molecule has 0 fully saturated rings. The minimum absolute atomic E-state index is 0.0495. The van der Waals surface area contributed by atoms with Crippen LogP contribution in [0.25, 0.3) is 0 Å². The maximum Gasteiger partial charge on any atom is 0.510 e. The Kier molecular flexibility index (Phi) is 4.05. The van der Waals surface area contributed by atoms with Gasteiger partial charge < -0.3 is 17.7 Å². The van der Waals surface area contributed by atoms with Gasteiger partial charge in [0.2, 0.25) is 0 Å². The number of esters is 1. The third kappa shape index (κ3) is 2.36. The third-order valence-electron chi connectivity index (χ3n) is 2.99. The van der Waals surface area contributed by atoms with E-state index in [0.29, 0.717) is 5.56 Å². The molecule has 0 unspecified atom stereocenters. The van der Waals surface area contributed by atoms with Gasteiger partial charge in [0.15, 0.2) is 0 Å². The number of carbonyl (C=O) groups is 1. The molecule has 1 aromatic carbocycles. The summed E-state index contributed by atoms with van der Waals surface area (Å²) in [5.74, 6) is -0.776. The lowest BCUT2D eigenvalue weighted by Crippen LogP contribution is -2.40. The molecule has 2 nitrogen and oxygen atoms in total. The Morgan fingerprint density at radius 1 is 1.11 bits per heavy atom. The van der Waals surface area contributed by atoms with Crippen molar-refractivity contribution in [2.45, 2.75) is 25.7 Å². The van der Waals surface area contributed by atoms with Crippen molar-refractivity contribution in [3.05, 3.63) is 22.3 Å². The molecule has 0 radical (unpaired) electrons. The molecule has 100 valence electrons. The van der Waals surface area contributed by atoms with Gasteiger partial charge in [-0.1, -0.05) is 11.1 Å². The van der Waals surface area contributed by atoms with Gasteiger partial charge in [-0.25, -0.2) is 4.79 Å². The van der Waals surface area contributed by atoms with Crippen LogP contribution in [0.2, 0.25) is 0 Å². The molecule has 0 aliphatic heterocycles. The first-order valence-corrected chi connectivity index (χ1v) is 5.68. The second-order valence-electron chi connectivity index (χ2n) is 4.08. The standard InChI is InChI=1S/C11H13BF3O2S/c1-5-8(11(16)17-4)6(2)10(18)7(3)9(5)12(13,14)15/h18H,1-4H3/q-1. The number of halogens is 3. The summed E-state index contributed by atoms with van der Waals surface area (Å²) in [7, 11) is 1.14. The van der Waals surface area contributed by atoms with Gasteiger partial charge >= 0.3 is 12.9 Å². The first-order valence-electron chi connectivity index (χ1n) is 5.23. The first-order chi connectivity index (χ1) is 8.12. The summed E-state index contributed by atoms with van der Waals surface area (Å²) in [6, 6.07) is 0. The number of hydrogen-bond acceptors (Lipinski definition) is 3. The highest BCUT2D eigenvalue weighted by molar-refractivity contribution is 7.80. The van der Waals surface area contributed by atoms with Gasteiger partial charge in [0.05, 0.1) is 12.7 Å². The van der Waals surface area contributed by atoms with E-state index in [9.17, 15) is 17.7 Å². The predicted molar refractivity (Wildman–Crippen MR) is 68.0 cm³/mol. The van der Waals surface area contributed by atoms with Crippen LogP contribution in [0.4, 0.5) is 12.9 Å². The number of carbonyl (C=O) groups excluding carboxylic acids is 1. The van der Waals surface area contributed by atoms with Crippen LogP contribution in [0.3, 0.4) is 0 Å². The molecule has 0 aromatic heterocycles. The maximum atomic E-state index is 13.0. The smallest absolute Gasteiger partial charge is 0.465 e. The summed E-state index contributed by atoms with van der Waals surface area (Å²) < 4.78 is 43.7. The van der Waals surface area contributed by atoms with Gasteiger partial charge in [-0.3, -0.25) is 0 Å². The van der Waals surface area contributed by atoms with Crippen LogP contribution in [-0.2, 0) is 4.74 Å². The van der Waals surface area contributed by atoms with Gasteiger partial charge in [-0.15, -0.1) is 18.1 Å². The molecule has 7 heteroatoms. The number of benzene rings is 1. The zero-order chi connectivity index (χ0) is 14.2. The fourth-order valence-electron chi connectivity index (χ4n) is 2.12. The van der Waals surface area contributed by atoms with Crippen molar-refractivity contribution in [1.29, 1.82) is 0 Å². The highest BCUT2D eigenvalue weighted by atomic mass is 32.1. The topological polar surface area (TPSA) is 26.3 Å². The largest absolute Gasteiger partial charge is 0.510 e. The van der Waals surface area contributed by atoms with Crippen molar-refractivity contribution in [3.8, 4) is 0 Å². The van der Waals surface area contributed by atoms with Crippen LogP contribution in [0.5, 0.6) is 0 Å². The number of methoxy groups -OCH3 is 1. The first kappa shape index (κ1) is 15.0. The van der Waals surface area contributed by atoms with E-state index in [-0.39, 0.29) is 21.6 Å². The number of rotatable bonds is 2. The molecule has 0 saturated carbocycles. The lowest BCUT2D eigenvalue weighted by Gasteiger charge is -2.25. The Bertz CT molecular complexity index is 512. The maximum absolute atomic E-state index is 13.0. The Balaban J connectivity index is 3.77. The van der Waals surface area contributed by atoms with Crippen LogP contribution < -0.4 is 5.46 Å². The van der Waals surface area contributed by atoms with Gasteiger partial charge in [0, 0.05) is 4.90 Å². The van der Waals surface area contributed by atoms with Gasteiger partial charge in [0.1, 0.15) is 0 Å². The normalized spacial score (nSPS) is 11.6. The zero-order valence-corrected chi connectivity index (χ0v) is 11.4. The van der Waals surface area contributed by atoms with E-state index in [4.69, 9.17) is 0 Å². The molecule has 0 amide bonds. The molecule has 0 N–H and O–H groups in total. The molecule has 0 atom stereocenters. The molecule has 0 heterocycles. The molecule has 0 bridgehead atoms. The lowest BCUT2D eigenvalue weighted by atomic mass is 9.72. The van der Waals surface area contributed by atoms with Crippen LogP contribution in [-0.4, -0.2) is 20.1 Å². The average Bonchev–Trinajstić information content (AvgIpc) is 2.24. The lowest BCUT2D eigenvalue weighted by molar-refractivity contribution is 0.0599. The van der Waals surface area contributed by atoms with Gasteiger partial charge in [-0.2, -0.15) is 0 Å². The van der Waals surface area contributed by atoms with E-state index < -0.39 is 18.4 Å². The van der Waals surface area contributed by atoms with E-state index in [1.54, 1.807) is 6.92 Å². The van der Waals surface area contributed by atoms with Crippen LogP contribution >= 0.6 is 12.6 Å². The zero-order valence-electron chi connectivity index (χ0n) is 10.5. The second-order valence-corrected chi connectivity index (χ2v) is 4.53. The van der Waals surface area contributed by atoms with Crippen LogP contribution in [0.15, 0.2) is 4.90 Å². The highest BCUT2D eigenvalue weighted by Crippen LogP contribution is 2.27. The van der Waals surface area contributed by atoms with E-state index in [0.717, 1.165) is 7.11 Å². The summed E-state index contributed by atoms with van der Waals surface area (Å²) in [5.41, 5.74) is -0.451. The van der Waals surface area contributed by atoms with E-state index in [1.807, 2.05) is 0 Å². The van der Waals surface area contributed by atoms with Crippen molar-refractivity contribution in [1.82, 2.24) is 0 Å². The third-order valence-corrected chi connectivity index (χ3v) is 3.66. The molecule has 1 rings (SSSR count). The quantitative estimate of drug-likeness (QED) is 0.511. The van der Waals surface area contributed by atoms with Gasteiger partial charge in [0.25, 0.3) is 0 Å². The fourth-order valence-corrected chi connectivity index (χ4v) is 2.36. The van der Waals surface area contributed by atoms with E-state index in [1.165, 1.54) is 13.8 Å². The summed E-state index contributed by atoms with van der Waals surface area (Å²) >= 11 is 4.07. The molecule has 18 heavy (non-hydrogen) atoms. The Morgan fingerprint density at radius 2 is 1.61 bits per heavy atom. The molecule has 0 aliphatic rings. The summed E-state index contributed by atoms with van der Waals surface area (Å²) in [6.45, 7) is -1.01. The summed E-state index contributed by atoms with van der Waals surface area (Å²) in [4.78, 5) is 11.8. The summed E-state index contributed by atoms with van der Waals surface area (Å²) in [5, 5.41) is 0. The molecular formula is C11H13BF3O2S-. The Morgan fingerprint density at radius 3 is 2.00 bits per heavy atom. The van der Waals surface area contributed by atoms with Crippen molar-refractivity contribution < 1.29 is 22.5 Å². The number of hydrogen-bond donors (Lipinski definition) is 1. The van der Waals surface area contributed by atoms with E-state index in [2.05, 4.69) is 17.4 Å². The SMILES string of the molecule is COC(=O)c1c(C)c(S)c(C)c([B-](F)(F)F)c1C. The molecular weight excluding hydrogens is 264 g/mol. The van der Waals surface area contributed by atoms with E-state index >= 15 is 0 Å². The minimum atomic E-state index is -5.20. The van der Waals surface area contributed by atoms with Crippen molar-refractivity contribution in [3.63, 3.8) is 0 Å². The number of ether oxygens (including phenoxy) is 1. The molecule has 1 aromatic rings. The predicted octanol–water partition coefficient (Wildman–Crippen LogP) is 2.74. The van der Waals surface area contributed by atoms with Crippen molar-refractivity contribution in [2.24, 2.45) is 0 Å². The second kappa shape index (κ2) is 4.88. The van der Waals surface area contributed by atoms with Crippen LogP contribution in [0, 0.1) is 20.8 Å². The minimum Gasteiger partial charge on any atom is -0.465 e. The van der Waals surface area contributed by atoms with Crippen molar-refractivity contribution >= 4 is 31.0 Å².